The molecule has 0 aliphatic carbocycles. The van der Waals surface area contributed by atoms with Gasteiger partial charge in [0.15, 0.2) is 0 Å². The highest BCUT2D eigenvalue weighted by atomic mass is 32.2. The van der Waals surface area contributed by atoms with Crippen molar-refractivity contribution >= 4 is 9.73 Å². The number of benzene rings is 2. The standard InChI is InChI=1S/C15H13FN2OS/c1-20(19,15-9-5-4-8-14(15)16)18-11-13-7-3-2-6-12(13)10-17/h2-9H,11H2,1H3. The van der Waals surface area contributed by atoms with Gasteiger partial charge in [0, 0.05) is 6.26 Å². The number of nitriles is 1. The monoisotopic (exact) mass is 288 g/mol. The summed E-state index contributed by atoms with van der Waals surface area (Å²) in [6.45, 7) is 0.118. The number of rotatable bonds is 3. The fourth-order valence-electron chi connectivity index (χ4n) is 1.78. The average Bonchev–Trinajstić information content (AvgIpc) is 2.46. The molecule has 0 saturated carbocycles. The largest absolute Gasteiger partial charge is 0.245 e. The highest BCUT2D eigenvalue weighted by molar-refractivity contribution is 7.93. The van der Waals surface area contributed by atoms with Crippen molar-refractivity contribution in [2.45, 2.75) is 11.4 Å². The van der Waals surface area contributed by atoms with Gasteiger partial charge in [-0.2, -0.15) is 5.26 Å². The summed E-state index contributed by atoms with van der Waals surface area (Å²) in [5.41, 5.74) is 1.17. The summed E-state index contributed by atoms with van der Waals surface area (Å²) in [7, 11) is -2.82. The van der Waals surface area contributed by atoms with Crippen LogP contribution in [0.1, 0.15) is 11.1 Å². The molecule has 102 valence electrons. The van der Waals surface area contributed by atoms with Crippen LogP contribution in [0, 0.1) is 17.1 Å². The van der Waals surface area contributed by atoms with Gasteiger partial charge in [-0.1, -0.05) is 30.3 Å². The quantitative estimate of drug-likeness (QED) is 0.869. The van der Waals surface area contributed by atoms with Gasteiger partial charge in [-0.05, 0) is 23.8 Å². The molecule has 2 aromatic carbocycles. The molecule has 0 bridgehead atoms. The third kappa shape index (κ3) is 3.03. The van der Waals surface area contributed by atoms with Crippen molar-refractivity contribution in [3.05, 3.63) is 65.5 Å². The van der Waals surface area contributed by atoms with E-state index < -0.39 is 15.5 Å². The van der Waals surface area contributed by atoms with Crippen LogP contribution in [0.5, 0.6) is 0 Å². The maximum absolute atomic E-state index is 13.7. The van der Waals surface area contributed by atoms with Gasteiger partial charge in [-0.3, -0.25) is 0 Å². The van der Waals surface area contributed by atoms with Crippen molar-refractivity contribution in [2.75, 3.05) is 6.26 Å². The maximum atomic E-state index is 13.7. The van der Waals surface area contributed by atoms with Crippen LogP contribution in [0.2, 0.25) is 0 Å². The molecule has 0 aliphatic heterocycles. The molecule has 3 nitrogen and oxygen atoms in total. The minimum atomic E-state index is -2.82. The lowest BCUT2D eigenvalue weighted by Gasteiger charge is -2.06. The van der Waals surface area contributed by atoms with Gasteiger partial charge >= 0.3 is 0 Å². The first-order chi connectivity index (χ1) is 9.54. The van der Waals surface area contributed by atoms with E-state index in [1.165, 1.54) is 18.4 Å². The fraction of sp³-hybridized carbons (Fsp3) is 0.133. The SMILES string of the molecule is CS(=O)(=NCc1ccccc1C#N)c1ccccc1F. The Morgan fingerprint density at radius 1 is 1.20 bits per heavy atom. The van der Waals surface area contributed by atoms with E-state index in [0.29, 0.717) is 11.1 Å². The second-order valence-electron chi connectivity index (χ2n) is 4.29. The van der Waals surface area contributed by atoms with Crippen molar-refractivity contribution in [1.29, 1.82) is 5.26 Å². The summed E-state index contributed by atoms with van der Waals surface area (Å²) >= 11 is 0. The number of hydrogen-bond donors (Lipinski definition) is 0. The normalized spacial score (nSPS) is 13.2. The highest BCUT2D eigenvalue weighted by Crippen LogP contribution is 2.17. The summed E-state index contributed by atoms with van der Waals surface area (Å²) < 4.78 is 30.3. The summed E-state index contributed by atoms with van der Waals surface area (Å²) in [5, 5.41) is 8.99. The molecular weight excluding hydrogens is 275 g/mol. The van der Waals surface area contributed by atoms with Crippen LogP contribution in [0.25, 0.3) is 0 Å². The summed E-state index contributed by atoms with van der Waals surface area (Å²) in [6.07, 6.45) is 1.40. The predicted molar refractivity (Wildman–Crippen MR) is 76.0 cm³/mol. The van der Waals surface area contributed by atoms with E-state index in [-0.39, 0.29) is 11.4 Å². The van der Waals surface area contributed by atoms with Crippen LogP contribution in [0.15, 0.2) is 57.8 Å². The van der Waals surface area contributed by atoms with Crippen molar-refractivity contribution in [3.8, 4) is 6.07 Å². The summed E-state index contributed by atoms with van der Waals surface area (Å²) in [4.78, 5) is 0.0921. The molecule has 1 atom stereocenters. The Labute approximate surface area is 117 Å². The molecule has 1 unspecified atom stereocenters. The number of nitrogens with zero attached hydrogens (tertiary/aromatic N) is 2. The van der Waals surface area contributed by atoms with Gasteiger partial charge in [-0.15, -0.1) is 0 Å². The van der Waals surface area contributed by atoms with Gasteiger partial charge in [0.1, 0.15) is 5.82 Å². The predicted octanol–water partition coefficient (Wildman–Crippen LogP) is 3.35. The van der Waals surface area contributed by atoms with Crippen LogP contribution < -0.4 is 0 Å². The first kappa shape index (κ1) is 14.2. The topological polar surface area (TPSA) is 53.2 Å². The van der Waals surface area contributed by atoms with Gasteiger partial charge in [-0.25, -0.2) is 13.0 Å². The minimum absolute atomic E-state index is 0.0921. The van der Waals surface area contributed by atoms with Crippen LogP contribution >= 0.6 is 0 Å². The number of halogens is 1. The Hall–Kier alpha value is -2.19. The summed E-state index contributed by atoms with van der Waals surface area (Å²) in [5.74, 6) is -0.530. The Kier molecular flexibility index (Phi) is 4.16. The van der Waals surface area contributed by atoms with E-state index in [4.69, 9.17) is 5.26 Å². The van der Waals surface area contributed by atoms with Gasteiger partial charge in [0.25, 0.3) is 0 Å². The Balaban J connectivity index is 2.39. The van der Waals surface area contributed by atoms with E-state index in [2.05, 4.69) is 10.4 Å². The lowest BCUT2D eigenvalue weighted by Crippen LogP contribution is -2.02. The van der Waals surface area contributed by atoms with Crippen molar-refractivity contribution in [2.24, 2.45) is 4.36 Å². The molecule has 0 aliphatic rings. The van der Waals surface area contributed by atoms with Crippen LogP contribution in [-0.4, -0.2) is 10.5 Å². The van der Waals surface area contributed by atoms with E-state index >= 15 is 0 Å². The molecule has 0 heterocycles. The van der Waals surface area contributed by atoms with Crippen LogP contribution in [-0.2, 0) is 16.3 Å². The summed E-state index contributed by atoms with van der Waals surface area (Å²) in [6, 6.07) is 14.9. The van der Waals surface area contributed by atoms with E-state index in [9.17, 15) is 8.60 Å². The number of hydrogen-bond acceptors (Lipinski definition) is 3. The second-order valence-corrected chi connectivity index (χ2v) is 6.59. The molecule has 0 spiro atoms. The third-order valence-electron chi connectivity index (χ3n) is 2.86. The molecule has 0 saturated heterocycles. The highest BCUT2D eigenvalue weighted by Gasteiger charge is 2.11. The smallest absolute Gasteiger partial charge is 0.140 e. The van der Waals surface area contributed by atoms with Crippen LogP contribution in [0.4, 0.5) is 4.39 Å². The molecule has 0 N–H and O–H groups in total. The van der Waals surface area contributed by atoms with E-state index in [1.54, 1.807) is 36.4 Å². The molecule has 20 heavy (non-hydrogen) atoms. The van der Waals surface area contributed by atoms with Gasteiger partial charge in [0.2, 0.25) is 0 Å². The second kappa shape index (κ2) is 5.85. The average molecular weight is 288 g/mol. The minimum Gasteiger partial charge on any atom is -0.245 e. The first-order valence-corrected chi connectivity index (χ1v) is 7.87. The molecule has 0 fully saturated rings. The Morgan fingerprint density at radius 3 is 2.55 bits per heavy atom. The maximum Gasteiger partial charge on any atom is 0.140 e. The molecule has 0 amide bonds. The van der Waals surface area contributed by atoms with E-state index in [1.807, 2.05) is 0 Å². The van der Waals surface area contributed by atoms with Crippen molar-refractivity contribution in [1.82, 2.24) is 0 Å². The van der Waals surface area contributed by atoms with Gasteiger partial charge in [0.05, 0.1) is 32.8 Å². The zero-order valence-corrected chi connectivity index (χ0v) is 11.7. The first-order valence-electron chi connectivity index (χ1n) is 5.95. The molecular formula is C15H13FN2OS. The molecule has 0 aromatic heterocycles. The van der Waals surface area contributed by atoms with Gasteiger partial charge < -0.3 is 0 Å². The molecule has 2 aromatic rings. The lowest BCUT2D eigenvalue weighted by atomic mass is 10.1. The Bertz CT molecular complexity index is 786. The zero-order chi connectivity index (χ0) is 14.6. The molecule has 2 rings (SSSR count). The van der Waals surface area contributed by atoms with Crippen molar-refractivity contribution < 1.29 is 8.60 Å². The van der Waals surface area contributed by atoms with E-state index in [0.717, 1.165) is 0 Å². The molecule has 5 heteroatoms. The van der Waals surface area contributed by atoms with Crippen LogP contribution in [0.3, 0.4) is 0 Å². The Morgan fingerprint density at radius 2 is 1.85 bits per heavy atom. The lowest BCUT2D eigenvalue weighted by molar-refractivity contribution is 0.594. The molecule has 0 radical (unpaired) electrons. The van der Waals surface area contributed by atoms with Crippen molar-refractivity contribution in [3.63, 3.8) is 0 Å². The third-order valence-corrected chi connectivity index (χ3v) is 4.63. The zero-order valence-electron chi connectivity index (χ0n) is 10.9. The fourth-order valence-corrected chi connectivity index (χ4v) is 3.07.